The van der Waals surface area contributed by atoms with Crippen molar-refractivity contribution in [2.24, 2.45) is 0 Å². The second kappa shape index (κ2) is 4.15. The molecule has 1 unspecified atom stereocenters. The van der Waals surface area contributed by atoms with Crippen molar-refractivity contribution >= 4 is 5.78 Å². The van der Waals surface area contributed by atoms with Gasteiger partial charge in [-0.05, 0) is 18.4 Å². The molecule has 0 bridgehead atoms. The molecule has 16 heavy (non-hydrogen) atoms. The van der Waals surface area contributed by atoms with Crippen LogP contribution in [0.3, 0.4) is 0 Å². The van der Waals surface area contributed by atoms with E-state index in [4.69, 9.17) is 4.74 Å². The van der Waals surface area contributed by atoms with E-state index in [1.165, 1.54) is 0 Å². The third-order valence-electron chi connectivity index (χ3n) is 3.68. The minimum atomic E-state index is 0.146. The summed E-state index contributed by atoms with van der Waals surface area (Å²) in [5.41, 5.74) is 1.67. The number of allylic oxidation sites excluding steroid dienone is 2. The highest BCUT2D eigenvalue weighted by molar-refractivity contribution is 6.09. The van der Waals surface area contributed by atoms with Crippen molar-refractivity contribution in [3.05, 3.63) is 23.8 Å². The first-order valence-electron chi connectivity index (χ1n) is 5.85. The number of morpholine rings is 1. The van der Waals surface area contributed by atoms with Gasteiger partial charge in [0.1, 0.15) is 19.2 Å². The van der Waals surface area contributed by atoms with Crippen LogP contribution in [0, 0.1) is 0 Å². The molecule has 1 heterocycles. The van der Waals surface area contributed by atoms with Gasteiger partial charge in [-0.1, -0.05) is 12.7 Å². The van der Waals surface area contributed by atoms with Crippen molar-refractivity contribution in [1.29, 1.82) is 0 Å². The number of hydrogen-bond acceptors (Lipinski definition) is 2. The van der Waals surface area contributed by atoms with Gasteiger partial charge in [-0.2, -0.15) is 0 Å². The second-order valence-corrected chi connectivity index (χ2v) is 5.22. The Morgan fingerprint density at radius 1 is 1.50 bits per heavy atom. The van der Waals surface area contributed by atoms with Crippen molar-refractivity contribution in [1.82, 2.24) is 0 Å². The van der Waals surface area contributed by atoms with Crippen LogP contribution in [0.15, 0.2) is 23.8 Å². The van der Waals surface area contributed by atoms with E-state index in [9.17, 15) is 4.79 Å². The highest BCUT2D eigenvalue weighted by Gasteiger charge is 2.38. The molecule has 3 nitrogen and oxygen atoms in total. The van der Waals surface area contributed by atoms with Crippen molar-refractivity contribution in [3.63, 3.8) is 0 Å². The molecular weight excluding hydrogens is 202 g/mol. The molecule has 0 spiro atoms. The molecule has 0 saturated carbocycles. The fraction of sp³-hybridized carbons (Fsp3) is 0.615. The standard InChI is InChI=1S/C13H20NO2/c1-10-5-4-6-11(13(10)15)12-9-16-8-7-14(12,2)3/h6,12H,1,4-5,7-9H2,2-3H3/q+1. The van der Waals surface area contributed by atoms with Crippen molar-refractivity contribution in [2.75, 3.05) is 33.9 Å². The normalized spacial score (nSPS) is 30.1. The Balaban J connectivity index is 2.26. The average molecular weight is 222 g/mol. The van der Waals surface area contributed by atoms with Crippen LogP contribution in [-0.4, -0.2) is 50.2 Å². The Bertz CT molecular complexity index is 355. The minimum Gasteiger partial charge on any atom is -0.369 e. The highest BCUT2D eigenvalue weighted by Crippen LogP contribution is 2.27. The number of carbonyl (C=O) groups is 1. The molecule has 2 aliphatic rings. The summed E-state index contributed by atoms with van der Waals surface area (Å²) in [6, 6.07) is 0.179. The fourth-order valence-corrected chi connectivity index (χ4v) is 2.42. The predicted molar refractivity (Wildman–Crippen MR) is 63.0 cm³/mol. The number of rotatable bonds is 1. The fourth-order valence-electron chi connectivity index (χ4n) is 2.42. The number of quaternary nitrogens is 1. The van der Waals surface area contributed by atoms with Crippen molar-refractivity contribution in [3.8, 4) is 0 Å². The lowest BCUT2D eigenvalue weighted by Gasteiger charge is -2.42. The van der Waals surface area contributed by atoms with E-state index in [2.05, 4.69) is 26.8 Å². The molecule has 3 heteroatoms. The second-order valence-electron chi connectivity index (χ2n) is 5.22. The predicted octanol–water partition coefficient (Wildman–Crippen LogP) is 1.31. The van der Waals surface area contributed by atoms with Crippen LogP contribution in [0.1, 0.15) is 12.8 Å². The summed E-state index contributed by atoms with van der Waals surface area (Å²) in [6.07, 6.45) is 3.83. The van der Waals surface area contributed by atoms with E-state index in [-0.39, 0.29) is 11.8 Å². The summed E-state index contributed by atoms with van der Waals surface area (Å²) >= 11 is 0. The molecule has 0 aromatic carbocycles. The van der Waals surface area contributed by atoms with Crippen LogP contribution in [0.5, 0.6) is 0 Å². The van der Waals surface area contributed by atoms with Gasteiger partial charge >= 0.3 is 0 Å². The van der Waals surface area contributed by atoms with Gasteiger partial charge in [-0.25, -0.2) is 0 Å². The monoisotopic (exact) mass is 222 g/mol. The van der Waals surface area contributed by atoms with Crippen LogP contribution >= 0.6 is 0 Å². The maximum atomic E-state index is 12.1. The van der Waals surface area contributed by atoms with Crippen LogP contribution in [0.2, 0.25) is 0 Å². The molecule has 0 radical (unpaired) electrons. The Labute approximate surface area is 97.0 Å². The minimum absolute atomic E-state index is 0.146. The molecule has 0 N–H and O–H groups in total. The molecule has 2 rings (SSSR count). The molecule has 0 aromatic heterocycles. The molecule has 0 amide bonds. The Kier molecular flexibility index (Phi) is 3.00. The molecule has 0 aromatic rings. The van der Waals surface area contributed by atoms with Crippen molar-refractivity contribution < 1.29 is 14.0 Å². The van der Waals surface area contributed by atoms with Crippen LogP contribution < -0.4 is 0 Å². The zero-order valence-corrected chi connectivity index (χ0v) is 10.2. The highest BCUT2D eigenvalue weighted by atomic mass is 16.5. The maximum absolute atomic E-state index is 12.1. The van der Waals surface area contributed by atoms with Gasteiger partial charge in [-0.15, -0.1) is 0 Å². The first-order valence-corrected chi connectivity index (χ1v) is 5.85. The zero-order valence-electron chi connectivity index (χ0n) is 10.2. The van der Waals surface area contributed by atoms with E-state index < -0.39 is 0 Å². The number of hydrogen-bond donors (Lipinski definition) is 0. The number of likely N-dealkylation sites (N-methyl/N-ethyl adjacent to an activating group) is 1. The van der Waals surface area contributed by atoms with E-state index in [1.54, 1.807) is 0 Å². The Hall–Kier alpha value is -0.930. The lowest BCUT2D eigenvalue weighted by molar-refractivity contribution is -0.917. The zero-order chi connectivity index (χ0) is 11.8. The van der Waals surface area contributed by atoms with Gasteiger partial charge in [-0.3, -0.25) is 4.79 Å². The quantitative estimate of drug-likeness (QED) is 0.494. The lowest BCUT2D eigenvalue weighted by atomic mass is 9.88. The summed E-state index contributed by atoms with van der Waals surface area (Å²) in [5, 5.41) is 0. The van der Waals surface area contributed by atoms with Gasteiger partial charge in [0.2, 0.25) is 0 Å². The number of nitrogens with zero attached hydrogens (tertiary/aromatic N) is 1. The topological polar surface area (TPSA) is 26.3 Å². The van der Waals surface area contributed by atoms with Gasteiger partial charge in [0.05, 0.1) is 26.3 Å². The van der Waals surface area contributed by atoms with E-state index in [0.29, 0.717) is 6.61 Å². The average Bonchev–Trinajstić information content (AvgIpc) is 2.22. The Morgan fingerprint density at radius 2 is 2.25 bits per heavy atom. The summed E-state index contributed by atoms with van der Waals surface area (Å²) in [5.74, 6) is 0.146. The molecule has 1 aliphatic heterocycles. The van der Waals surface area contributed by atoms with Crippen LogP contribution in [-0.2, 0) is 9.53 Å². The van der Waals surface area contributed by atoms with E-state index >= 15 is 0 Å². The van der Waals surface area contributed by atoms with Gasteiger partial charge in [0.15, 0.2) is 5.78 Å². The number of Topliss-reactive ketones (excluding diaryl/α,β-unsaturated/α-hetero) is 1. The number of ketones is 1. The van der Waals surface area contributed by atoms with E-state index in [0.717, 1.165) is 41.6 Å². The maximum Gasteiger partial charge on any atom is 0.190 e. The molecule has 88 valence electrons. The van der Waals surface area contributed by atoms with Gasteiger partial charge in [0.25, 0.3) is 0 Å². The molecular formula is C13H20NO2+. The summed E-state index contributed by atoms with van der Waals surface area (Å²) in [7, 11) is 4.33. The summed E-state index contributed by atoms with van der Waals surface area (Å²) in [6.45, 7) is 6.24. The molecule has 1 saturated heterocycles. The molecule has 1 atom stereocenters. The van der Waals surface area contributed by atoms with Crippen LogP contribution in [0.4, 0.5) is 0 Å². The number of ether oxygens (including phenoxy) is 1. The SMILES string of the molecule is C=C1CCC=C(C2COCC[N+]2(C)C)C1=O. The Morgan fingerprint density at radius 3 is 2.94 bits per heavy atom. The molecule has 1 fully saturated rings. The third kappa shape index (κ3) is 1.97. The van der Waals surface area contributed by atoms with Crippen LogP contribution in [0.25, 0.3) is 0 Å². The van der Waals surface area contributed by atoms with Crippen molar-refractivity contribution in [2.45, 2.75) is 18.9 Å². The molecule has 1 aliphatic carbocycles. The largest absolute Gasteiger partial charge is 0.369 e. The third-order valence-corrected chi connectivity index (χ3v) is 3.68. The summed E-state index contributed by atoms with van der Waals surface area (Å²) in [4.78, 5) is 12.1. The first-order chi connectivity index (χ1) is 7.52. The first kappa shape index (κ1) is 11.6. The lowest BCUT2D eigenvalue weighted by Crippen LogP contribution is -2.58. The summed E-state index contributed by atoms with van der Waals surface area (Å²) < 4.78 is 6.35. The van der Waals surface area contributed by atoms with Gasteiger partial charge < -0.3 is 9.22 Å². The van der Waals surface area contributed by atoms with E-state index in [1.807, 2.05) is 0 Å². The smallest absolute Gasteiger partial charge is 0.190 e. The number of carbonyl (C=O) groups excluding carboxylic acids is 1. The van der Waals surface area contributed by atoms with Gasteiger partial charge in [0, 0.05) is 0 Å².